The van der Waals surface area contributed by atoms with Gasteiger partial charge in [0.2, 0.25) is 0 Å². The molecule has 92 heavy (non-hydrogen) atoms. The zero-order valence-electron chi connectivity index (χ0n) is 57.7. The van der Waals surface area contributed by atoms with Gasteiger partial charge in [0.05, 0.1) is 26.4 Å². The summed E-state index contributed by atoms with van der Waals surface area (Å²) < 4.78 is 68.2. The molecular weight excluding hydrogens is 1210 g/mol. The van der Waals surface area contributed by atoms with Crippen LogP contribution in [0, 0.1) is 0 Å². The molecule has 0 saturated heterocycles. The lowest BCUT2D eigenvalue weighted by Gasteiger charge is -2.21. The smallest absolute Gasteiger partial charge is 0.462 e. The topological polar surface area (TPSA) is 237 Å². The number of unbranched alkanes of at least 4 members (excludes halogenated alkanes) is 27. The number of phosphoric acid groups is 2. The summed E-state index contributed by atoms with van der Waals surface area (Å²) in [7, 11) is -9.94. The van der Waals surface area contributed by atoms with Crippen molar-refractivity contribution in [1.29, 1.82) is 0 Å². The highest BCUT2D eigenvalue weighted by molar-refractivity contribution is 7.47. The van der Waals surface area contributed by atoms with Crippen LogP contribution in [0.5, 0.6) is 0 Å². The number of allylic oxidation sites excluding steroid dienone is 14. The van der Waals surface area contributed by atoms with Crippen LogP contribution in [0.4, 0.5) is 0 Å². The number of aliphatic hydroxyl groups excluding tert-OH is 1. The molecule has 0 aromatic rings. The highest BCUT2D eigenvalue weighted by atomic mass is 31.2. The quantitative estimate of drug-likeness (QED) is 0.0169. The van der Waals surface area contributed by atoms with Crippen molar-refractivity contribution in [2.75, 3.05) is 39.6 Å². The molecule has 19 heteroatoms. The van der Waals surface area contributed by atoms with Gasteiger partial charge in [-0.2, -0.15) is 0 Å². The lowest BCUT2D eigenvalue weighted by atomic mass is 10.1. The maximum absolute atomic E-state index is 13.0. The SMILES string of the molecule is CC/C=C\C/C=C\C/C=C\C/C=C\CCCCC(=O)OCC(COP(=O)(O)OCC(O)COP(=O)(O)OCC(COC(=O)CCCCCCCCCCCCC)OC(=O)CCCCCCCCCCCCC)OC(=O)CCCCCCC/C=C\C/C=C\C/C=C\CC. The average molecular weight is 1340 g/mol. The first-order chi connectivity index (χ1) is 44.7. The Morgan fingerprint density at radius 3 is 0.891 bits per heavy atom. The molecule has 0 bridgehead atoms. The van der Waals surface area contributed by atoms with Crippen molar-refractivity contribution in [3.05, 3.63) is 85.1 Å². The maximum Gasteiger partial charge on any atom is 0.472 e. The summed E-state index contributed by atoms with van der Waals surface area (Å²) in [5.74, 6) is -2.23. The zero-order valence-corrected chi connectivity index (χ0v) is 59.5. The highest BCUT2D eigenvalue weighted by Crippen LogP contribution is 2.45. The van der Waals surface area contributed by atoms with E-state index in [-0.39, 0.29) is 25.7 Å². The summed E-state index contributed by atoms with van der Waals surface area (Å²) >= 11 is 0. The molecule has 0 aromatic carbocycles. The van der Waals surface area contributed by atoms with E-state index in [2.05, 4.69) is 113 Å². The van der Waals surface area contributed by atoms with Gasteiger partial charge in [-0.25, -0.2) is 9.13 Å². The van der Waals surface area contributed by atoms with Crippen LogP contribution in [0.25, 0.3) is 0 Å². The van der Waals surface area contributed by atoms with Gasteiger partial charge in [0, 0.05) is 25.7 Å². The Labute approximate surface area is 557 Å². The molecule has 532 valence electrons. The number of phosphoric ester groups is 2. The van der Waals surface area contributed by atoms with Gasteiger partial charge < -0.3 is 33.8 Å². The van der Waals surface area contributed by atoms with E-state index < -0.39 is 97.5 Å². The molecular formula is C73H128O17P2. The first-order valence-corrected chi connectivity index (χ1v) is 38.8. The fourth-order valence-electron chi connectivity index (χ4n) is 9.46. The van der Waals surface area contributed by atoms with E-state index in [0.717, 1.165) is 135 Å². The Balaban J connectivity index is 5.36. The van der Waals surface area contributed by atoms with Gasteiger partial charge >= 0.3 is 39.5 Å². The van der Waals surface area contributed by atoms with Crippen LogP contribution >= 0.6 is 15.6 Å². The van der Waals surface area contributed by atoms with Crippen LogP contribution in [-0.4, -0.2) is 96.7 Å². The molecule has 0 aliphatic heterocycles. The molecule has 0 fully saturated rings. The Morgan fingerprint density at radius 2 is 0.565 bits per heavy atom. The second-order valence-corrected chi connectivity index (χ2v) is 26.7. The summed E-state index contributed by atoms with van der Waals surface area (Å²) in [6.45, 7) is 4.57. The third-order valence-corrected chi connectivity index (χ3v) is 16.8. The van der Waals surface area contributed by atoms with Crippen molar-refractivity contribution in [2.45, 2.75) is 316 Å². The molecule has 0 amide bonds. The summed E-state index contributed by atoms with van der Waals surface area (Å²) in [4.78, 5) is 72.5. The summed E-state index contributed by atoms with van der Waals surface area (Å²) in [5, 5.41) is 10.6. The Kier molecular flexibility index (Phi) is 63.2. The Hall–Kier alpha value is -3.76. The van der Waals surface area contributed by atoms with Crippen LogP contribution < -0.4 is 0 Å². The van der Waals surface area contributed by atoms with E-state index >= 15 is 0 Å². The Morgan fingerprint density at radius 1 is 0.315 bits per heavy atom. The number of rotatable bonds is 67. The lowest BCUT2D eigenvalue weighted by molar-refractivity contribution is -0.161. The number of carbonyl (C=O) groups is 4. The van der Waals surface area contributed by atoms with Gasteiger partial charge in [0.1, 0.15) is 19.3 Å². The lowest BCUT2D eigenvalue weighted by Crippen LogP contribution is -2.30. The van der Waals surface area contributed by atoms with E-state index in [0.29, 0.717) is 25.7 Å². The molecule has 0 heterocycles. The van der Waals surface area contributed by atoms with Crippen LogP contribution in [0.3, 0.4) is 0 Å². The van der Waals surface area contributed by atoms with Crippen LogP contribution in [0.1, 0.15) is 297 Å². The number of hydrogen-bond acceptors (Lipinski definition) is 15. The van der Waals surface area contributed by atoms with E-state index in [4.69, 9.17) is 37.0 Å². The van der Waals surface area contributed by atoms with Gasteiger partial charge in [0.25, 0.3) is 0 Å². The van der Waals surface area contributed by atoms with E-state index in [1.807, 2.05) is 0 Å². The van der Waals surface area contributed by atoms with E-state index in [9.17, 15) is 43.2 Å². The first-order valence-electron chi connectivity index (χ1n) is 35.8. The molecule has 0 radical (unpaired) electrons. The first kappa shape index (κ1) is 88.2. The summed E-state index contributed by atoms with van der Waals surface area (Å²) in [6, 6.07) is 0. The maximum atomic E-state index is 13.0. The summed E-state index contributed by atoms with van der Waals surface area (Å²) in [6.07, 6.45) is 64.6. The van der Waals surface area contributed by atoms with E-state index in [1.165, 1.54) is 83.5 Å². The molecule has 0 aliphatic rings. The molecule has 0 aromatic heterocycles. The highest BCUT2D eigenvalue weighted by Gasteiger charge is 2.30. The second-order valence-electron chi connectivity index (χ2n) is 23.8. The molecule has 5 unspecified atom stereocenters. The third kappa shape index (κ3) is 64.9. The molecule has 0 aliphatic carbocycles. The van der Waals surface area contributed by atoms with Crippen molar-refractivity contribution < 1.29 is 80.2 Å². The van der Waals surface area contributed by atoms with E-state index in [1.54, 1.807) is 0 Å². The van der Waals surface area contributed by atoms with Gasteiger partial charge in [-0.15, -0.1) is 0 Å². The summed E-state index contributed by atoms with van der Waals surface area (Å²) in [5.41, 5.74) is 0. The fraction of sp³-hybridized carbons (Fsp3) is 0.753. The van der Waals surface area contributed by atoms with Crippen LogP contribution in [0.15, 0.2) is 85.1 Å². The van der Waals surface area contributed by atoms with Crippen LogP contribution in [0.2, 0.25) is 0 Å². The predicted molar refractivity (Wildman–Crippen MR) is 372 cm³/mol. The molecule has 0 spiro atoms. The van der Waals surface area contributed by atoms with Gasteiger partial charge in [-0.3, -0.25) is 37.3 Å². The largest absolute Gasteiger partial charge is 0.472 e. The molecule has 5 atom stereocenters. The van der Waals surface area contributed by atoms with Crippen molar-refractivity contribution in [3.8, 4) is 0 Å². The number of hydrogen-bond donors (Lipinski definition) is 3. The number of aliphatic hydroxyl groups is 1. The van der Waals surface area contributed by atoms with Crippen molar-refractivity contribution in [1.82, 2.24) is 0 Å². The minimum absolute atomic E-state index is 0.0670. The third-order valence-electron chi connectivity index (χ3n) is 14.9. The fourth-order valence-corrected chi connectivity index (χ4v) is 11.0. The Bertz CT molecular complexity index is 2090. The number of ether oxygens (including phenoxy) is 4. The predicted octanol–water partition coefficient (Wildman–Crippen LogP) is 19.9. The average Bonchev–Trinajstić information content (AvgIpc) is 2.93. The molecule has 17 nitrogen and oxygen atoms in total. The molecule has 0 rings (SSSR count). The van der Waals surface area contributed by atoms with Crippen molar-refractivity contribution in [2.24, 2.45) is 0 Å². The minimum Gasteiger partial charge on any atom is -0.462 e. The van der Waals surface area contributed by atoms with Gasteiger partial charge in [0.15, 0.2) is 12.2 Å². The zero-order chi connectivity index (χ0) is 67.5. The number of carbonyl (C=O) groups excluding carboxylic acids is 4. The monoisotopic (exact) mass is 1340 g/mol. The van der Waals surface area contributed by atoms with Crippen molar-refractivity contribution in [3.63, 3.8) is 0 Å². The van der Waals surface area contributed by atoms with Crippen molar-refractivity contribution >= 4 is 39.5 Å². The second kappa shape index (κ2) is 65.9. The minimum atomic E-state index is -4.98. The van der Waals surface area contributed by atoms with Crippen LogP contribution in [-0.2, 0) is 65.4 Å². The number of esters is 4. The molecule has 3 N–H and O–H groups in total. The molecule has 0 saturated carbocycles. The van der Waals surface area contributed by atoms with Gasteiger partial charge in [-0.05, 0) is 96.3 Å². The standard InChI is InChI=1S/C73H128O17P2/c1-5-9-13-17-21-25-29-31-33-35-39-42-46-50-54-58-71(76)84-64-69(90-73(78)60-56-52-48-44-40-36-34-32-30-26-22-18-14-10-6-2)66-88-92(81,82)86-62-67(74)61-85-91(79,80)87-65-68(89-72(77)59-55-51-47-43-38-28-24-20-16-12-8-4)63-83-70(75)57-53-49-45-41-37-27-23-19-15-11-7-3/h9-10,13-14,21-22,25-26,31-34,39,42,67-69,74H,5-8,11-12,15-20,23-24,27-30,35-38,40-41,43-66H2,1-4H3,(H,79,80)(H,81,82)/b13-9-,14-10-,25-21-,26-22-,33-31-,34-32-,42-39-. The normalized spacial score (nSPS) is 14.6. The van der Waals surface area contributed by atoms with Gasteiger partial charge in [-0.1, -0.05) is 260 Å².